The fourth-order valence-electron chi connectivity index (χ4n) is 3.64. The molecule has 0 saturated heterocycles. The maximum atomic E-state index is 6.10. The number of aromatic nitrogens is 4. The molecule has 3 aromatic carbocycles. The maximum Gasteiger partial charge on any atom is 0.229 e. The van der Waals surface area contributed by atoms with E-state index in [1.54, 1.807) is 0 Å². The van der Waals surface area contributed by atoms with Crippen LogP contribution in [0.4, 0.5) is 11.9 Å². The maximum absolute atomic E-state index is 6.10. The molecule has 0 bridgehead atoms. The van der Waals surface area contributed by atoms with Gasteiger partial charge in [-0.05, 0) is 61.0 Å². The molecule has 6 heteroatoms. The third kappa shape index (κ3) is 4.00. The van der Waals surface area contributed by atoms with Gasteiger partial charge in [-0.2, -0.15) is 0 Å². The molecule has 1 N–H and O–H groups in total. The summed E-state index contributed by atoms with van der Waals surface area (Å²) in [4.78, 5) is 13.9. The van der Waals surface area contributed by atoms with Gasteiger partial charge in [0.25, 0.3) is 0 Å². The molecule has 152 valence electrons. The predicted molar refractivity (Wildman–Crippen MR) is 126 cm³/mol. The predicted octanol–water partition coefficient (Wildman–Crippen LogP) is 6.50. The lowest BCUT2D eigenvalue weighted by Gasteiger charge is -2.09. The van der Waals surface area contributed by atoms with Gasteiger partial charge in [0, 0.05) is 33.9 Å². The Morgan fingerprint density at radius 1 is 0.774 bits per heavy atom. The van der Waals surface area contributed by atoms with Crippen molar-refractivity contribution >= 4 is 34.3 Å². The first kappa shape index (κ1) is 19.3. The topological polar surface area (TPSA) is 55.6 Å². The van der Waals surface area contributed by atoms with Crippen LogP contribution in [0, 0.1) is 13.8 Å². The smallest absolute Gasteiger partial charge is 0.229 e. The van der Waals surface area contributed by atoms with Crippen molar-refractivity contribution in [2.24, 2.45) is 0 Å². The number of hydrogen-bond donors (Lipinski definition) is 1. The summed E-state index contributed by atoms with van der Waals surface area (Å²) < 4.78 is 1.99. The van der Waals surface area contributed by atoms with Crippen molar-refractivity contribution in [1.29, 1.82) is 0 Å². The fourth-order valence-corrected chi connectivity index (χ4v) is 3.76. The molecule has 0 spiro atoms. The van der Waals surface area contributed by atoms with Crippen LogP contribution in [0.25, 0.3) is 27.7 Å². The van der Waals surface area contributed by atoms with Gasteiger partial charge in [0.05, 0.1) is 5.69 Å². The van der Waals surface area contributed by atoms with Crippen LogP contribution in [0.3, 0.4) is 0 Å². The monoisotopic (exact) mass is 425 g/mol. The Balaban J connectivity index is 1.62. The van der Waals surface area contributed by atoms with Gasteiger partial charge in [0.1, 0.15) is 0 Å². The average Bonchev–Trinajstić information content (AvgIpc) is 3.17. The Bertz CT molecular complexity index is 1370. The van der Waals surface area contributed by atoms with Gasteiger partial charge in [-0.1, -0.05) is 48.0 Å². The summed E-state index contributed by atoms with van der Waals surface area (Å²) in [6, 6.07) is 24.3. The van der Waals surface area contributed by atoms with E-state index >= 15 is 0 Å². The van der Waals surface area contributed by atoms with Crippen LogP contribution in [0.2, 0.25) is 5.02 Å². The molecule has 0 atom stereocenters. The molecule has 2 heterocycles. The second kappa shape index (κ2) is 7.85. The molecule has 5 rings (SSSR count). The Labute approximate surface area is 185 Å². The highest BCUT2D eigenvalue weighted by Gasteiger charge is 2.14. The van der Waals surface area contributed by atoms with Crippen molar-refractivity contribution < 1.29 is 0 Å². The number of fused-ring (bicyclic) bond motifs is 1. The molecule has 0 radical (unpaired) electrons. The fraction of sp³-hybridized carbons (Fsp3) is 0.0800. The van der Waals surface area contributed by atoms with Crippen LogP contribution in [-0.2, 0) is 0 Å². The van der Waals surface area contributed by atoms with Crippen LogP contribution < -0.4 is 5.32 Å². The zero-order valence-corrected chi connectivity index (χ0v) is 17.9. The van der Waals surface area contributed by atoms with Crippen molar-refractivity contribution in [3.8, 4) is 16.9 Å². The number of anilines is 2. The Morgan fingerprint density at radius 3 is 2.23 bits per heavy atom. The van der Waals surface area contributed by atoms with E-state index in [-0.39, 0.29) is 0 Å². The van der Waals surface area contributed by atoms with Gasteiger partial charge < -0.3 is 0 Å². The highest BCUT2D eigenvalue weighted by atomic mass is 35.5. The van der Waals surface area contributed by atoms with Crippen LogP contribution in [0.5, 0.6) is 0 Å². The molecule has 0 aliphatic heterocycles. The van der Waals surface area contributed by atoms with Gasteiger partial charge in [0.2, 0.25) is 11.9 Å². The van der Waals surface area contributed by atoms with E-state index in [1.165, 1.54) is 10.8 Å². The Hall–Kier alpha value is -3.70. The number of imidazole rings is 1. The number of hydrogen-bond acceptors (Lipinski definition) is 4. The first-order valence-electron chi connectivity index (χ1n) is 9.99. The number of benzene rings is 3. The number of nitrogens with zero attached hydrogens (tertiary/aromatic N) is 4. The van der Waals surface area contributed by atoms with Crippen LogP contribution >= 0.6 is 11.6 Å². The van der Waals surface area contributed by atoms with Crippen LogP contribution in [-0.4, -0.2) is 19.5 Å². The molecule has 0 unspecified atom stereocenters. The zero-order valence-electron chi connectivity index (χ0n) is 17.2. The molecular weight excluding hydrogens is 406 g/mol. The normalized spacial score (nSPS) is 11.1. The van der Waals surface area contributed by atoms with E-state index in [1.807, 2.05) is 67.1 Å². The minimum absolute atomic E-state index is 0.517. The third-order valence-corrected chi connectivity index (χ3v) is 5.31. The summed E-state index contributed by atoms with van der Waals surface area (Å²) in [5.74, 6) is 1.15. The Morgan fingerprint density at radius 2 is 1.48 bits per heavy atom. The van der Waals surface area contributed by atoms with E-state index < -0.39 is 0 Å². The van der Waals surface area contributed by atoms with E-state index in [2.05, 4.69) is 45.6 Å². The summed E-state index contributed by atoms with van der Waals surface area (Å²) in [7, 11) is 0. The highest BCUT2D eigenvalue weighted by molar-refractivity contribution is 6.30. The molecule has 2 aromatic heterocycles. The van der Waals surface area contributed by atoms with Crippen molar-refractivity contribution in [2.45, 2.75) is 13.8 Å². The molecule has 0 saturated carbocycles. The first-order valence-corrected chi connectivity index (χ1v) is 10.4. The molecule has 0 amide bonds. The Kier molecular flexibility index (Phi) is 4.88. The molecule has 0 aliphatic carbocycles. The largest absolute Gasteiger partial charge is 0.294 e. The highest BCUT2D eigenvalue weighted by Crippen LogP contribution is 2.28. The van der Waals surface area contributed by atoms with E-state index in [0.717, 1.165) is 28.3 Å². The SMILES string of the molecule is Cc1cc(C)nc(Nc2nc(-c3ccc4ccccc4c3)cn2-c2ccc(Cl)cc2)n1. The van der Waals surface area contributed by atoms with Crippen molar-refractivity contribution in [1.82, 2.24) is 19.5 Å². The number of rotatable bonds is 4. The molecule has 0 aliphatic rings. The zero-order chi connectivity index (χ0) is 21.4. The average molecular weight is 426 g/mol. The summed E-state index contributed by atoms with van der Waals surface area (Å²) >= 11 is 6.10. The molecule has 0 fully saturated rings. The van der Waals surface area contributed by atoms with Crippen molar-refractivity contribution in [3.05, 3.63) is 95.4 Å². The summed E-state index contributed by atoms with van der Waals surface area (Å²) in [5.41, 5.74) is 4.63. The summed E-state index contributed by atoms with van der Waals surface area (Å²) in [6.45, 7) is 3.90. The molecule has 5 nitrogen and oxygen atoms in total. The second-order valence-electron chi connectivity index (χ2n) is 7.46. The van der Waals surface area contributed by atoms with E-state index in [4.69, 9.17) is 16.6 Å². The quantitative estimate of drug-likeness (QED) is 0.357. The lowest BCUT2D eigenvalue weighted by molar-refractivity contribution is 1.02. The molecular formula is C25H20ClN5. The second-order valence-corrected chi connectivity index (χ2v) is 7.89. The lowest BCUT2D eigenvalue weighted by atomic mass is 10.1. The lowest BCUT2D eigenvalue weighted by Crippen LogP contribution is -2.05. The standard InChI is InChI=1S/C25H20ClN5/c1-16-13-17(2)28-24(27-16)30-25-29-23(15-31(25)22-11-9-21(26)10-12-22)20-8-7-18-5-3-4-6-19(18)14-20/h3-15H,1-2H3,(H,27,28,29,30). The van der Waals surface area contributed by atoms with Crippen molar-refractivity contribution in [2.75, 3.05) is 5.32 Å². The number of halogens is 1. The molecule has 5 aromatic rings. The number of nitrogens with one attached hydrogen (secondary N) is 1. The number of aryl methyl sites for hydroxylation is 2. The summed E-state index contributed by atoms with van der Waals surface area (Å²) in [5, 5.41) is 6.35. The van der Waals surface area contributed by atoms with E-state index in [0.29, 0.717) is 16.9 Å². The van der Waals surface area contributed by atoms with Gasteiger partial charge in [-0.15, -0.1) is 0 Å². The minimum atomic E-state index is 0.517. The van der Waals surface area contributed by atoms with Gasteiger partial charge in [0.15, 0.2) is 0 Å². The van der Waals surface area contributed by atoms with Gasteiger partial charge >= 0.3 is 0 Å². The van der Waals surface area contributed by atoms with Gasteiger partial charge in [-0.3, -0.25) is 9.88 Å². The van der Waals surface area contributed by atoms with E-state index in [9.17, 15) is 0 Å². The third-order valence-electron chi connectivity index (χ3n) is 5.06. The minimum Gasteiger partial charge on any atom is -0.294 e. The van der Waals surface area contributed by atoms with Gasteiger partial charge in [-0.25, -0.2) is 15.0 Å². The van der Waals surface area contributed by atoms with Crippen molar-refractivity contribution in [3.63, 3.8) is 0 Å². The van der Waals surface area contributed by atoms with Crippen LogP contribution in [0.1, 0.15) is 11.4 Å². The summed E-state index contributed by atoms with van der Waals surface area (Å²) in [6.07, 6.45) is 2.01. The molecule has 31 heavy (non-hydrogen) atoms. The van der Waals surface area contributed by atoms with Crippen LogP contribution in [0.15, 0.2) is 79.0 Å². The first-order chi connectivity index (χ1) is 15.0.